The second-order valence-corrected chi connectivity index (χ2v) is 8.86. The molecule has 0 N–H and O–H groups in total. The van der Waals surface area contributed by atoms with Gasteiger partial charge in [-0.05, 0) is 44.2 Å². The lowest BCUT2D eigenvalue weighted by molar-refractivity contribution is 0.337. The first kappa shape index (κ1) is 21.4. The van der Waals surface area contributed by atoms with Crippen LogP contribution in [0.25, 0.3) is 32.8 Å². The highest BCUT2D eigenvalue weighted by molar-refractivity contribution is 7.13. The smallest absolute Gasteiger partial charge is 0.230 e. The van der Waals surface area contributed by atoms with E-state index in [-0.39, 0.29) is 0 Å². The summed E-state index contributed by atoms with van der Waals surface area (Å²) >= 11 is 7.75. The molecule has 0 spiro atoms. The van der Waals surface area contributed by atoms with Gasteiger partial charge in [-0.25, -0.2) is 9.98 Å². The van der Waals surface area contributed by atoms with Crippen molar-refractivity contribution in [1.82, 2.24) is 4.98 Å². The van der Waals surface area contributed by atoms with Gasteiger partial charge in [0.2, 0.25) is 5.55 Å². The predicted molar refractivity (Wildman–Crippen MR) is 135 cm³/mol. The minimum Gasteiger partial charge on any atom is -0.490 e. The summed E-state index contributed by atoms with van der Waals surface area (Å²) in [5.74, 6) is 0.684. The lowest BCUT2D eigenvalue weighted by atomic mass is 10.1. The maximum atomic E-state index is 6.34. The molecule has 2 heterocycles. The summed E-state index contributed by atoms with van der Waals surface area (Å²) in [6.07, 6.45) is 0. The molecule has 3 aromatic carbocycles. The van der Waals surface area contributed by atoms with Crippen molar-refractivity contribution in [1.29, 1.82) is 0 Å². The van der Waals surface area contributed by atoms with Crippen LogP contribution in [0.1, 0.15) is 12.5 Å². The average molecular weight is 473 g/mol. The van der Waals surface area contributed by atoms with E-state index >= 15 is 0 Å². The van der Waals surface area contributed by atoms with E-state index in [2.05, 4.69) is 42.6 Å². The molecule has 0 saturated carbocycles. The first-order chi connectivity index (χ1) is 16.1. The van der Waals surface area contributed by atoms with Gasteiger partial charge < -0.3 is 9.15 Å². The molecule has 0 radical (unpaired) electrons. The lowest BCUT2D eigenvalue weighted by Crippen LogP contribution is -2.06. The number of hydrogen-bond acceptors (Lipinski definition) is 5. The zero-order valence-electron chi connectivity index (χ0n) is 18.2. The number of aryl methyl sites for hydroxylation is 1. The quantitative estimate of drug-likeness (QED) is 0.262. The molecule has 33 heavy (non-hydrogen) atoms. The van der Waals surface area contributed by atoms with E-state index in [0.717, 1.165) is 27.2 Å². The maximum absolute atomic E-state index is 6.34. The molecule has 6 heteroatoms. The highest BCUT2D eigenvalue weighted by Gasteiger charge is 2.14. The Morgan fingerprint density at radius 2 is 1.85 bits per heavy atom. The molecule has 0 aliphatic rings. The Kier molecular flexibility index (Phi) is 5.99. The van der Waals surface area contributed by atoms with Gasteiger partial charge in [0.05, 0.1) is 23.6 Å². The molecule has 0 unspecified atom stereocenters. The summed E-state index contributed by atoms with van der Waals surface area (Å²) in [5.41, 5.74) is 5.85. The van der Waals surface area contributed by atoms with Gasteiger partial charge in [-0.3, -0.25) is 0 Å². The molecule has 164 valence electrons. The van der Waals surface area contributed by atoms with Gasteiger partial charge in [0, 0.05) is 21.4 Å². The zero-order chi connectivity index (χ0) is 22.8. The fourth-order valence-electron chi connectivity index (χ4n) is 3.55. The molecule has 4 nitrogen and oxygen atoms in total. The van der Waals surface area contributed by atoms with Crippen LogP contribution in [0, 0.1) is 6.92 Å². The minimum absolute atomic E-state index is 0.460. The van der Waals surface area contributed by atoms with Gasteiger partial charge in [-0.2, -0.15) is 0 Å². The second-order valence-electron chi connectivity index (χ2n) is 7.57. The molecular formula is C27H21ClN2O2S. The van der Waals surface area contributed by atoms with E-state index in [1.54, 1.807) is 17.4 Å². The van der Waals surface area contributed by atoms with Crippen molar-refractivity contribution in [3.05, 3.63) is 94.3 Å². The van der Waals surface area contributed by atoms with E-state index in [4.69, 9.17) is 30.7 Å². The van der Waals surface area contributed by atoms with E-state index in [0.29, 0.717) is 34.2 Å². The molecule has 0 amide bonds. The first-order valence-electron chi connectivity index (χ1n) is 10.6. The molecule has 2 aromatic heterocycles. The van der Waals surface area contributed by atoms with Crippen LogP contribution in [0.3, 0.4) is 0 Å². The predicted octanol–water partition coefficient (Wildman–Crippen LogP) is 7.82. The highest BCUT2D eigenvalue weighted by atomic mass is 35.5. The third-order valence-electron chi connectivity index (χ3n) is 5.16. The van der Waals surface area contributed by atoms with Crippen LogP contribution in [-0.4, -0.2) is 11.6 Å². The number of thiazole rings is 1. The van der Waals surface area contributed by atoms with Gasteiger partial charge in [0.15, 0.2) is 11.3 Å². The molecule has 0 aliphatic heterocycles. The van der Waals surface area contributed by atoms with Crippen LogP contribution in [-0.2, 0) is 0 Å². The summed E-state index contributed by atoms with van der Waals surface area (Å²) in [6.45, 7) is 4.57. The van der Waals surface area contributed by atoms with Crippen LogP contribution in [0.2, 0.25) is 5.02 Å². The zero-order valence-corrected chi connectivity index (χ0v) is 19.8. The number of hydrogen-bond donors (Lipinski definition) is 0. The van der Waals surface area contributed by atoms with Crippen LogP contribution in [0.5, 0.6) is 5.75 Å². The number of fused-ring (bicyclic) bond motifs is 1. The standard InChI is InChI=1S/C27H21ClN2O2S/c1-3-31-24-9-4-6-19-14-22(26(32-25(19)24)29-21-8-5-7-20(28)15-21)27-30-23(16-33-27)18-12-10-17(2)11-13-18/h4-16H,3H2,1-2H3. The number of aromatic nitrogens is 1. The normalized spacial score (nSPS) is 11.8. The Labute approximate surface area is 200 Å². The topological polar surface area (TPSA) is 47.6 Å². The number of para-hydroxylation sites is 1. The Bertz CT molecular complexity index is 1500. The van der Waals surface area contributed by atoms with E-state index in [1.807, 2.05) is 43.3 Å². The van der Waals surface area contributed by atoms with Crippen molar-refractivity contribution in [2.24, 2.45) is 4.99 Å². The maximum Gasteiger partial charge on any atom is 0.230 e. The fourth-order valence-corrected chi connectivity index (χ4v) is 4.57. The molecule has 0 atom stereocenters. The van der Waals surface area contributed by atoms with Crippen molar-refractivity contribution in [3.8, 4) is 27.6 Å². The van der Waals surface area contributed by atoms with Crippen molar-refractivity contribution < 1.29 is 9.15 Å². The molecular weight excluding hydrogens is 452 g/mol. The largest absolute Gasteiger partial charge is 0.490 e. The average Bonchev–Trinajstić information content (AvgIpc) is 3.30. The number of nitrogens with zero attached hydrogens (tertiary/aromatic N) is 2. The molecule has 5 aromatic rings. The van der Waals surface area contributed by atoms with E-state index < -0.39 is 0 Å². The van der Waals surface area contributed by atoms with Crippen LogP contribution < -0.4 is 10.3 Å². The Morgan fingerprint density at radius 1 is 1.03 bits per heavy atom. The lowest BCUT2D eigenvalue weighted by Gasteiger charge is -2.08. The van der Waals surface area contributed by atoms with Crippen LogP contribution >= 0.6 is 22.9 Å². The third kappa shape index (κ3) is 4.56. The van der Waals surface area contributed by atoms with Crippen LogP contribution in [0.15, 0.2) is 87.6 Å². The van der Waals surface area contributed by atoms with Gasteiger partial charge in [0.1, 0.15) is 5.01 Å². The molecule has 5 rings (SSSR count). The third-order valence-corrected chi connectivity index (χ3v) is 6.27. The van der Waals surface area contributed by atoms with Gasteiger partial charge in [0.25, 0.3) is 0 Å². The molecule has 0 fully saturated rings. The van der Waals surface area contributed by atoms with Crippen molar-refractivity contribution in [2.45, 2.75) is 13.8 Å². The Balaban J connectivity index is 1.71. The minimum atomic E-state index is 0.460. The van der Waals surface area contributed by atoms with Gasteiger partial charge >= 0.3 is 0 Å². The number of benzene rings is 3. The number of halogens is 1. The highest BCUT2D eigenvalue weighted by Crippen LogP contribution is 2.32. The summed E-state index contributed by atoms with van der Waals surface area (Å²) in [4.78, 5) is 9.69. The molecule has 0 saturated heterocycles. The number of rotatable bonds is 5. The second kappa shape index (κ2) is 9.22. The monoisotopic (exact) mass is 472 g/mol. The van der Waals surface area contributed by atoms with E-state index in [9.17, 15) is 0 Å². The van der Waals surface area contributed by atoms with E-state index in [1.165, 1.54) is 5.56 Å². The molecule has 0 aliphatic carbocycles. The van der Waals surface area contributed by atoms with Gasteiger partial charge in [-0.15, -0.1) is 11.3 Å². The Hall–Kier alpha value is -3.41. The van der Waals surface area contributed by atoms with Crippen molar-refractivity contribution in [3.63, 3.8) is 0 Å². The van der Waals surface area contributed by atoms with Crippen molar-refractivity contribution >= 4 is 39.6 Å². The summed E-state index contributed by atoms with van der Waals surface area (Å²) in [5, 5.41) is 4.43. The summed E-state index contributed by atoms with van der Waals surface area (Å²) in [7, 11) is 0. The number of ether oxygens (including phenoxy) is 1. The summed E-state index contributed by atoms with van der Waals surface area (Å²) < 4.78 is 12.1. The van der Waals surface area contributed by atoms with Crippen LogP contribution in [0.4, 0.5) is 5.69 Å². The fraction of sp³-hybridized carbons (Fsp3) is 0.111. The van der Waals surface area contributed by atoms with Gasteiger partial charge in [-0.1, -0.05) is 59.6 Å². The molecule has 0 bridgehead atoms. The van der Waals surface area contributed by atoms with Crippen molar-refractivity contribution in [2.75, 3.05) is 6.61 Å². The SMILES string of the molecule is CCOc1cccc2cc(-c3nc(-c4ccc(C)cc4)cs3)c(=Nc3cccc(Cl)c3)oc12. The Morgan fingerprint density at radius 3 is 2.64 bits per heavy atom. The first-order valence-corrected chi connectivity index (χ1v) is 11.9. The summed E-state index contributed by atoms with van der Waals surface area (Å²) in [6, 6.07) is 23.7.